The second-order valence-corrected chi connectivity index (χ2v) is 9.86. The molecule has 3 atom stereocenters. The molecule has 0 saturated carbocycles. The zero-order valence-corrected chi connectivity index (χ0v) is 24.7. The lowest BCUT2D eigenvalue weighted by Gasteiger charge is -2.20. The smallest absolute Gasteiger partial charge is 0.326 e. The number of carbonyl (C=O) groups excluding carboxylic acids is 6. The van der Waals surface area contributed by atoms with Gasteiger partial charge in [-0.05, 0) is 24.5 Å². The van der Waals surface area contributed by atoms with Crippen molar-refractivity contribution in [3.8, 4) is 0 Å². The van der Waals surface area contributed by atoms with Crippen molar-refractivity contribution in [1.82, 2.24) is 42.2 Å². The van der Waals surface area contributed by atoms with E-state index in [2.05, 4.69) is 42.2 Å². The largest absolute Gasteiger partial charge is 0.480 e. The number of H-pyrrole nitrogens is 1. The summed E-state index contributed by atoms with van der Waals surface area (Å²) in [6, 6.07) is 3.29. The number of nitrogens with two attached hydrogens (primary N) is 1. The normalized spacial score (nSPS) is 12.5. The van der Waals surface area contributed by atoms with Crippen LogP contribution in [-0.2, 0) is 40.0 Å². The van der Waals surface area contributed by atoms with E-state index in [4.69, 9.17) is 11.1 Å². The number of aliphatic hydroxyl groups excluding tert-OH is 1. The van der Waals surface area contributed by atoms with Gasteiger partial charge in [-0.2, -0.15) is 0 Å². The lowest BCUT2D eigenvalue weighted by atomic mass is 10.0. The first-order valence-corrected chi connectivity index (χ1v) is 14.0. The predicted molar refractivity (Wildman–Crippen MR) is 162 cm³/mol. The molecule has 19 nitrogen and oxygen atoms in total. The first-order chi connectivity index (χ1) is 21.9. The summed E-state index contributed by atoms with van der Waals surface area (Å²) < 4.78 is 0. The number of aliphatic carboxylic acids is 1. The van der Waals surface area contributed by atoms with E-state index in [-0.39, 0.29) is 25.3 Å². The van der Waals surface area contributed by atoms with E-state index in [1.807, 2.05) is 12.1 Å². The number of hydrogen-bond donors (Lipinski definition) is 12. The summed E-state index contributed by atoms with van der Waals surface area (Å²) in [5.74, 6) is -5.68. The fourth-order valence-corrected chi connectivity index (χ4v) is 4.16. The second-order valence-electron chi connectivity index (χ2n) is 9.86. The minimum atomic E-state index is -1.51. The molecule has 19 heteroatoms. The Bertz CT molecular complexity index is 1410. The first-order valence-electron chi connectivity index (χ1n) is 14.0. The monoisotopic (exact) mass is 646 g/mol. The molecule has 0 fully saturated rings. The molecule has 0 bridgehead atoms. The average molecular weight is 647 g/mol. The summed E-state index contributed by atoms with van der Waals surface area (Å²) in [6.07, 6.45) is 2.28. The molecule has 1 aromatic carbocycles. The van der Waals surface area contributed by atoms with E-state index in [0.29, 0.717) is 18.4 Å². The summed E-state index contributed by atoms with van der Waals surface area (Å²) in [4.78, 5) is 87.2. The second kappa shape index (κ2) is 18.8. The quantitative estimate of drug-likeness (QED) is 0.0281. The van der Waals surface area contributed by atoms with Crippen LogP contribution in [-0.4, -0.2) is 114 Å². The third kappa shape index (κ3) is 12.5. The molecule has 250 valence electrons. The van der Waals surface area contributed by atoms with Crippen molar-refractivity contribution in [3.05, 3.63) is 36.0 Å². The van der Waals surface area contributed by atoms with Gasteiger partial charge in [-0.25, -0.2) is 4.79 Å². The molecule has 46 heavy (non-hydrogen) atoms. The van der Waals surface area contributed by atoms with Gasteiger partial charge in [0.2, 0.25) is 35.9 Å². The molecule has 2 rings (SSSR count). The van der Waals surface area contributed by atoms with Crippen LogP contribution in [0.1, 0.15) is 18.4 Å². The Kier molecular flexibility index (Phi) is 14.9. The molecule has 0 spiro atoms. The molecule has 2 unspecified atom stereocenters. The van der Waals surface area contributed by atoms with Crippen molar-refractivity contribution in [2.75, 3.05) is 32.8 Å². The van der Waals surface area contributed by atoms with Crippen LogP contribution in [0.2, 0.25) is 0 Å². The molecule has 1 heterocycles. The molecule has 0 aliphatic rings. The molecule has 0 aliphatic heterocycles. The Morgan fingerprint density at radius 1 is 0.870 bits per heavy atom. The number of hydrogen-bond acceptors (Lipinski definition) is 9. The van der Waals surface area contributed by atoms with Gasteiger partial charge in [0.1, 0.15) is 18.1 Å². The molecule has 1 aromatic heterocycles. The van der Waals surface area contributed by atoms with Crippen LogP contribution in [0.3, 0.4) is 0 Å². The lowest BCUT2D eigenvalue weighted by Crippen LogP contribution is -2.55. The van der Waals surface area contributed by atoms with Gasteiger partial charge in [-0.3, -0.25) is 34.2 Å². The summed E-state index contributed by atoms with van der Waals surface area (Å²) in [6.45, 7) is -2.35. The molecule has 0 aliphatic carbocycles. The number of benzene rings is 1. The Labute approximate surface area is 262 Å². The van der Waals surface area contributed by atoms with Crippen LogP contribution in [0.5, 0.6) is 0 Å². The fraction of sp³-hybridized carbons (Fsp3) is 0.407. The predicted octanol–water partition coefficient (Wildman–Crippen LogP) is -4.52. The highest BCUT2D eigenvalue weighted by Crippen LogP contribution is 2.19. The molecule has 6 amide bonds. The highest BCUT2D eigenvalue weighted by molar-refractivity contribution is 5.94. The van der Waals surface area contributed by atoms with Gasteiger partial charge in [-0.15, -0.1) is 0 Å². The van der Waals surface area contributed by atoms with Crippen LogP contribution in [0.15, 0.2) is 30.5 Å². The minimum Gasteiger partial charge on any atom is -0.480 e. The van der Waals surface area contributed by atoms with E-state index in [0.717, 1.165) is 10.9 Å². The number of amides is 6. The van der Waals surface area contributed by atoms with Crippen molar-refractivity contribution in [3.63, 3.8) is 0 Å². The number of carboxylic acid groups (broad SMARTS) is 1. The number of carboxylic acids is 1. The van der Waals surface area contributed by atoms with Crippen molar-refractivity contribution < 1.29 is 43.8 Å². The van der Waals surface area contributed by atoms with Crippen LogP contribution >= 0.6 is 0 Å². The van der Waals surface area contributed by atoms with Gasteiger partial charge in [-0.1, -0.05) is 18.2 Å². The van der Waals surface area contributed by atoms with Gasteiger partial charge >= 0.3 is 5.97 Å². The van der Waals surface area contributed by atoms with E-state index < -0.39 is 79.9 Å². The zero-order chi connectivity index (χ0) is 34.1. The third-order valence-corrected chi connectivity index (χ3v) is 6.40. The third-order valence-electron chi connectivity index (χ3n) is 6.40. The zero-order valence-electron chi connectivity index (χ0n) is 24.7. The minimum absolute atomic E-state index is 0.0322. The number of fused-ring (bicyclic) bond motifs is 1. The average Bonchev–Trinajstić information content (AvgIpc) is 3.43. The summed E-state index contributed by atoms with van der Waals surface area (Å²) >= 11 is 0. The van der Waals surface area contributed by atoms with Crippen LogP contribution in [0.25, 0.3) is 10.9 Å². The Hall–Kier alpha value is -5.72. The molecule has 2 aromatic rings. The first kappa shape index (κ1) is 36.5. The Balaban J connectivity index is 1.85. The number of carbonyl (C=O) groups is 7. The van der Waals surface area contributed by atoms with Gasteiger partial charge < -0.3 is 58.1 Å². The molecular weight excluding hydrogens is 608 g/mol. The molecule has 13 N–H and O–H groups in total. The van der Waals surface area contributed by atoms with Crippen molar-refractivity contribution in [1.29, 1.82) is 5.41 Å². The van der Waals surface area contributed by atoms with Gasteiger partial charge in [0, 0.05) is 30.1 Å². The molecule has 0 saturated heterocycles. The topological polar surface area (TPSA) is 310 Å². The van der Waals surface area contributed by atoms with Crippen molar-refractivity contribution >= 4 is 58.8 Å². The number of aromatic amines is 1. The van der Waals surface area contributed by atoms with Crippen LogP contribution < -0.4 is 43.0 Å². The maximum Gasteiger partial charge on any atom is 0.326 e. The van der Waals surface area contributed by atoms with Gasteiger partial charge in [0.15, 0.2) is 5.96 Å². The maximum absolute atomic E-state index is 12.7. The maximum atomic E-state index is 12.7. The Morgan fingerprint density at radius 2 is 1.46 bits per heavy atom. The van der Waals surface area contributed by atoms with Gasteiger partial charge in [0.05, 0.1) is 26.2 Å². The number of rotatable bonds is 20. The van der Waals surface area contributed by atoms with E-state index >= 15 is 0 Å². The number of para-hydroxylation sites is 1. The van der Waals surface area contributed by atoms with E-state index in [1.54, 1.807) is 18.3 Å². The van der Waals surface area contributed by atoms with Gasteiger partial charge in [0.25, 0.3) is 0 Å². The van der Waals surface area contributed by atoms with Crippen LogP contribution in [0.4, 0.5) is 0 Å². The number of aromatic nitrogens is 1. The summed E-state index contributed by atoms with van der Waals surface area (Å²) in [5.41, 5.74) is 6.67. The Morgan fingerprint density at radius 3 is 2.07 bits per heavy atom. The van der Waals surface area contributed by atoms with Crippen molar-refractivity contribution in [2.24, 2.45) is 5.73 Å². The van der Waals surface area contributed by atoms with Crippen molar-refractivity contribution in [2.45, 2.75) is 37.4 Å². The lowest BCUT2D eigenvalue weighted by molar-refractivity contribution is -0.141. The summed E-state index contributed by atoms with van der Waals surface area (Å²) in [5, 5.41) is 43.3. The number of aliphatic hydroxyl groups is 1. The highest BCUT2D eigenvalue weighted by Gasteiger charge is 2.25. The van der Waals surface area contributed by atoms with E-state index in [9.17, 15) is 43.8 Å². The number of guanidine groups is 1. The standard InChI is InChI=1S/C27H38N10O9/c28-27(29)31-7-3-6-18(35-21(40)10-30-14-39)24(43)33-12-23(42)37-20(13-38)25(44)34-11-22(41)36-19(26(45)46)8-15-9-32-17-5-2-1-4-16(15)17/h1-2,4-5,9,14,18-20,32,38H,3,6-8,10-13H2,(H,30,39)(H,33,43)(H,34,44)(H,35,40)(H,36,41)(H,37,42)(H,45,46)(H4,28,29,31)/t18-,19?,20?/m0/s1. The van der Waals surface area contributed by atoms with Crippen LogP contribution in [0, 0.1) is 5.41 Å². The van der Waals surface area contributed by atoms with E-state index in [1.165, 1.54) is 0 Å². The molecular formula is C27H38N10O9. The highest BCUT2D eigenvalue weighted by atomic mass is 16.4. The SMILES string of the molecule is N=C(N)NCCC[C@H](NC(=O)CNC=O)C(=O)NCC(=O)NC(CO)C(=O)NCC(=O)NC(Cc1c[nH]c2ccccc12)C(=O)O. The fourth-order valence-electron chi connectivity index (χ4n) is 4.16. The molecule has 0 radical (unpaired) electrons. The number of nitrogens with one attached hydrogen (secondary N) is 9. The summed E-state index contributed by atoms with van der Waals surface area (Å²) in [7, 11) is 0.